The van der Waals surface area contributed by atoms with Crippen molar-refractivity contribution in [3.05, 3.63) is 0 Å². The van der Waals surface area contributed by atoms with Gasteiger partial charge in [0, 0.05) is 0 Å². The highest BCUT2D eigenvalue weighted by Crippen LogP contribution is 2.18. The molecule has 0 fully saturated rings. The van der Waals surface area contributed by atoms with E-state index in [0.717, 1.165) is 12.8 Å². The first-order chi connectivity index (χ1) is 5.50. The molecule has 0 saturated heterocycles. The van der Waals surface area contributed by atoms with Crippen molar-refractivity contribution < 1.29 is 10.2 Å². The van der Waals surface area contributed by atoms with Crippen LogP contribution in [0.25, 0.3) is 0 Å². The summed E-state index contributed by atoms with van der Waals surface area (Å²) in [7, 11) is 0. The standard InChI is InChI=1S/C10H22O2/c1-4-5-6-7-8-10(3,12)9(2)11/h9,11-12H,4-8H2,1-3H3/t9-,10-/m0/s1. The van der Waals surface area contributed by atoms with Crippen molar-refractivity contribution in [2.45, 2.75) is 64.6 Å². The van der Waals surface area contributed by atoms with Crippen LogP contribution in [0.4, 0.5) is 0 Å². The van der Waals surface area contributed by atoms with E-state index in [-0.39, 0.29) is 0 Å². The van der Waals surface area contributed by atoms with Crippen molar-refractivity contribution in [2.75, 3.05) is 0 Å². The first-order valence-electron chi connectivity index (χ1n) is 4.91. The lowest BCUT2D eigenvalue weighted by Gasteiger charge is -2.26. The number of aliphatic hydroxyl groups is 2. The zero-order valence-electron chi connectivity index (χ0n) is 8.51. The fraction of sp³-hybridized carbons (Fsp3) is 1.00. The number of unbranched alkanes of at least 4 members (excludes halogenated alkanes) is 3. The summed E-state index contributed by atoms with van der Waals surface area (Å²) >= 11 is 0. The van der Waals surface area contributed by atoms with Crippen LogP contribution in [-0.4, -0.2) is 21.9 Å². The lowest BCUT2D eigenvalue weighted by molar-refractivity contribution is -0.0588. The molecule has 0 aromatic heterocycles. The van der Waals surface area contributed by atoms with Gasteiger partial charge in [-0.1, -0.05) is 32.6 Å². The van der Waals surface area contributed by atoms with E-state index in [9.17, 15) is 10.2 Å². The second kappa shape index (κ2) is 5.55. The molecule has 0 amide bonds. The maximum absolute atomic E-state index is 9.64. The van der Waals surface area contributed by atoms with Crippen molar-refractivity contribution in [3.63, 3.8) is 0 Å². The maximum Gasteiger partial charge on any atom is 0.0874 e. The minimum Gasteiger partial charge on any atom is -0.390 e. The fourth-order valence-corrected chi connectivity index (χ4v) is 1.12. The molecule has 0 spiro atoms. The summed E-state index contributed by atoms with van der Waals surface area (Å²) in [6, 6.07) is 0. The van der Waals surface area contributed by atoms with Crippen molar-refractivity contribution >= 4 is 0 Å². The molecule has 0 aliphatic carbocycles. The Bertz CT molecular complexity index is 108. The van der Waals surface area contributed by atoms with E-state index in [1.807, 2.05) is 0 Å². The van der Waals surface area contributed by atoms with Crippen molar-refractivity contribution in [2.24, 2.45) is 0 Å². The summed E-state index contributed by atoms with van der Waals surface area (Å²) in [5, 5.41) is 18.8. The molecule has 0 aliphatic heterocycles. The zero-order chi connectivity index (χ0) is 9.61. The van der Waals surface area contributed by atoms with E-state index in [4.69, 9.17) is 0 Å². The van der Waals surface area contributed by atoms with Gasteiger partial charge in [-0.05, 0) is 20.3 Å². The summed E-state index contributed by atoms with van der Waals surface area (Å²) in [5.41, 5.74) is -0.895. The summed E-state index contributed by atoms with van der Waals surface area (Å²) < 4.78 is 0. The predicted octanol–water partition coefficient (Wildman–Crippen LogP) is 2.09. The molecule has 0 aromatic rings. The van der Waals surface area contributed by atoms with E-state index < -0.39 is 11.7 Å². The molecule has 2 heteroatoms. The molecule has 74 valence electrons. The Morgan fingerprint density at radius 3 is 2.25 bits per heavy atom. The van der Waals surface area contributed by atoms with Crippen LogP contribution >= 0.6 is 0 Å². The van der Waals surface area contributed by atoms with Crippen LogP contribution in [0.3, 0.4) is 0 Å². The van der Waals surface area contributed by atoms with Gasteiger partial charge in [-0.3, -0.25) is 0 Å². The minimum atomic E-state index is -0.895. The summed E-state index contributed by atoms with van der Waals surface area (Å²) in [4.78, 5) is 0. The highest BCUT2D eigenvalue weighted by molar-refractivity contribution is 4.77. The minimum absolute atomic E-state index is 0.626. The average Bonchev–Trinajstić information content (AvgIpc) is 1.98. The van der Waals surface area contributed by atoms with Gasteiger partial charge >= 0.3 is 0 Å². The van der Waals surface area contributed by atoms with Crippen LogP contribution in [0.15, 0.2) is 0 Å². The van der Waals surface area contributed by atoms with Gasteiger partial charge in [0.1, 0.15) is 0 Å². The Balaban J connectivity index is 3.47. The summed E-state index contributed by atoms with van der Waals surface area (Å²) in [6.45, 7) is 5.50. The fourth-order valence-electron chi connectivity index (χ4n) is 1.12. The van der Waals surface area contributed by atoms with Crippen molar-refractivity contribution in [1.82, 2.24) is 0 Å². The van der Waals surface area contributed by atoms with Gasteiger partial charge in [0.25, 0.3) is 0 Å². The molecular formula is C10H22O2. The third-order valence-corrected chi connectivity index (χ3v) is 2.44. The van der Waals surface area contributed by atoms with Gasteiger partial charge in [-0.15, -0.1) is 0 Å². The van der Waals surface area contributed by atoms with Gasteiger partial charge in [0.15, 0.2) is 0 Å². The zero-order valence-corrected chi connectivity index (χ0v) is 8.51. The Kier molecular flexibility index (Phi) is 5.51. The molecule has 0 unspecified atom stereocenters. The first-order valence-corrected chi connectivity index (χ1v) is 4.91. The van der Waals surface area contributed by atoms with Gasteiger partial charge in [-0.25, -0.2) is 0 Å². The van der Waals surface area contributed by atoms with E-state index in [0.29, 0.717) is 6.42 Å². The van der Waals surface area contributed by atoms with Gasteiger partial charge < -0.3 is 10.2 Å². The Hall–Kier alpha value is -0.0800. The number of hydrogen-bond acceptors (Lipinski definition) is 2. The Morgan fingerprint density at radius 1 is 1.25 bits per heavy atom. The second-order valence-corrected chi connectivity index (χ2v) is 3.84. The third kappa shape index (κ3) is 4.73. The predicted molar refractivity (Wildman–Crippen MR) is 51.1 cm³/mol. The molecule has 0 heterocycles. The molecule has 2 nitrogen and oxygen atoms in total. The molecule has 0 aromatic carbocycles. The molecule has 0 radical (unpaired) electrons. The third-order valence-electron chi connectivity index (χ3n) is 2.44. The highest BCUT2D eigenvalue weighted by Gasteiger charge is 2.25. The largest absolute Gasteiger partial charge is 0.390 e. The normalized spacial score (nSPS) is 18.8. The SMILES string of the molecule is CCCCCC[C@](C)(O)[C@H](C)O. The Labute approximate surface area is 75.6 Å². The summed E-state index contributed by atoms with van der Waals surface area (Å²) in [5.74, 6) is 0. The lowest BCUT2D eigenvalue weighted by Crippen LogP contribution is -2.36. The molecule has 2 atom stereocenters. The maximum atomic E-state index is 9.64. The van der Waals surface area contributed by atoms with Crippen LogP contribution in [-0.2, 0) is 0 Å². The number of hydrogen-bond donors (Lipinski definition) is 2. The van der Waals surface area contributed by atoms with E-state index in [1.165, 1.54) is 12.8 Å². The number of rotatable bonds is 6. The molecule has 0 saturated carbocycles. The molecule has 12 heavy (non-hydrogen) atoms. The molecule has 0 bridgehead atoms. The second-order valence-electron chi connectivity index (χ2n) is 3.84. The molecule has 0 rings (SSSR count). The first kappa shape index (κ1) is 11.9. The summed E-state index contributed by atoms with van der Waals surface area (Å²) in [6.07, 6.45) is 4.65. The van der Waals surface area contributed by atoms with Crippen LogP contribution in [0.5, 0.6) is 0 Å². The Morgan fingerprint density at radius 2 is 1.83 bits per heavy atom. The van der Waals surface area contributed by atoms with E-state index in [1.54, 1.807) is 13.8 Å². The lowest BCUT2D eigenvalue weighted by atomic mass is 9.93. The number of aliphatic hydroxyl groups excluding tert-OH is 1. The average molecular weight is 174 g/mol. The molecular weight excluding hydrogens is 152 g/mol. The monoisotopic (exact) mass is 174 g/mol. The molecule has 0 aliphatic rings. The van der Waals surface area contributed by atoms with Crippen LogP contribution in [0, 0.1) is 0 Å². The van der Waals surface area contributed by atoms with Crippen molar-refractivity contribution in [1.29, 1.82) is 0 Å². The van der Waals surface area contributed by atoms with Crippen LogP contribution in [0.2, 0.25) is 0 Å². The van der Waals surface area contributed by atoms with E-state index in [2.05, 4.69) is 6.92 Å². The quantitative estimate of drug-likeness (QED) is 0.605. The smallest absolute Gasteiger partial charge is 0.0874 e. The van der Waals surface area contributed by atoms with Gasteiger partial charge in [-0.2, -0.15) is 0 Å². The van der Waals surface area contributed by atoms with Gasteiger partial charge in [0.2, 0.25) is 0 Å². The van der Waals surface area contributed by atoms with Crippen LogP contribution in [0.1, 0.15) is 52.9 Å². The van der Waals surface area contributed by atoms with Crippen LogP contribution < -0.4 is 0 Å². The van der Waals surface area contributed by atoms with E-state index >= 15 is 0 Å². The van der Waals surface area contributed by atoms with Gasteiger partial charge in [0.05, 0.1) is 11.7 Å². The highest BCUT2D eigenvalue weighted by atomic mass is 16.3. The molecule has 2 N–H and O–H groups in total. The topological polar surface area (TPSA) is 40.5 Å². The van der Waals surface area contributed by atoms with Crippen molar-refractivity contribution in [3.8, 4) is 0 Å².